The number of hydrogen-bond donors (Lipinski definition) is 1. The molecule has 0 radical (unpaired) electrons. The Balaban J connectivity index is 1.99. The maximum absolute atomic E-state index is 5.76. The summed E-state index contributed by atoms with van der Waals surface area (Å²) in [6.45, 7) is 11.1. The van der Waals surface area contributed by atoms with Crippen molar-refractivity contribution in [2.75, 3.05) is 5.32 Å². The van der Waals surface area contributed by atoms with Crippen molar-refractivity contribution in [1.29, 1.82) is 0 Å². The highest BCUT2D eigenvalue weighted by Crippen LogP contribution is 2.35. The van der Waals surface area contributed by atoms with Crippen LogP contribution in [-0.2, 0) is 0 Å². The first-order chi connectivity index (χ1) is 9.85. The van der Waals surface area contributed by atoms with E-state index in [1.54, 1.807) is 0 Å². The van der Waals surface area contributed by atoms with Gasteiger partial charge in [0.15, 0.2) is 0 Å². The lowest BCUT2D eigenvalue weighted by atomic mass is 9.85. The molecular formula is C19H31NO. The van der Waals surface area contributed by atoms with Crippen molar-refractivity contribution in [3.8, 4) is 5.75 Å². The summed E-state index contributed by atoms with van der Waals surface area (Å²) in [6, 6.07) is 7.00. The monoisotopic (exact) mass is 289 g/mol. The minimum atomic E-state index is 0.229. The molecule has 2 heteroatoms. The molecule has 1 fully saturated rings. The summed E-state index contributed by atoms with van der Waals surface area (Å²) in [5, 5.41) is 3.75. The topological polar surface area (TPSA) is 21.3 Å². The van der Waals surface area contributed by atoms with E-state index in [1.807, 2.05) is 0 Å². The number of rotatable bonds is 4. The Hall–Kier alpha value is -1.18. The van der Waals surface area contributed by atoms with E-state index in [1.165, 1.54) is 43.4 Å². The lowest BCUT2D eigenvalue weighted by Gasteiger charge is -2.23. The minimum Gasteiger partial charge on any atom is -0.491 e. The molecule has 1 saturated carbocycles. The standard InChI is InChI=1S/C19H31NO/c1-14(2)21-17-8-9-18(15(3)13-17)20-16-7-6-11-19(4,5)12-10-16/h8-9,13-14,16,20H,6-7,10-12H2,1-5H3. The Morgan fingerprint density at radius 3 is 2.62 bits per heavy atom. The van der Waals surface area contributed by atoms with Gasteiger partial charge >= 0.3 is 0 Å². The Morgan fingerprint density at radius 1 is 1.19 bits per heavy atom. The molecule has 1 aromatic rings. The van der Waals surface area contributed by atoms with Crippen molar-refractivity contribution in [2.45, 2.75) is 78.9 Å². The number of anilines is 1. The molecule has 118 valence electrons. The van der Waals surface area contributed by atoms with Gasteiger partial charge in [0.2, 0.25) is 0 Å². The molecule has 0 aliphatic heterocycles. The van der Waals surface area contributed by atoms with Crippen LogP contribution in [0.15, 0.2) is 18.2 Å². The first-order valence-corrected chi connectivity index (χ1v) is 8.39. The Kier molecular flexibility index (Phi) is 5.18. The maximum atomic E-state index is 5.76. The third-order valence-electron chi connectivity index (χ3n) is 4.50. The van der Waals surface area contributed by atoms with E-state index in [0.717, 1.165) is 5.75 Å². The van der Waals surface area contributed by atoms with E-state index in [2.05, 4.69) is 58.1 Å². The van der Waals surface area contributed by atoms with Crippen LogP contribution in [0.25, 0.3) is 0 Å². The quantitative estimate of drug-likeness (QED) is 0.733. The molecule has 0 amide bonds. The average molecular weight is 289 g/mol. The summed E-state index contributed by atoms with van der Waals surface area (Å²) in [4.78, 5) is 0. The van der Waals surface area contributed by atoms with Crippen LogP contribution < -0.4 is 10.1 Å². The van der Waals surface area contributed by atoms with Crippen molar-refractivity contribution in [2.24, 2.45) is 5.41 Å². The zero-order valence-electron chi connectivity index (χ0n) is 14.3. The molecule has 0 bridgehead atoms. The molecule has 21 heavy (non-hydrogen) atoms. The van der Waals surface area contributed by atoms with Gasteiger partial charge in [-0.05, 0) is 75.6 Å². The number of ether oxygens (including phenoxy) is 1. The van der Waals surface area contributed by atoms with E-state index >= 15 is 0 Å². The number of benzene rings is 1. The fraction of sp³-hybridized carbons (Fsp3) is 0.684. The molecule has 1 aromatic carbocycles. The van der Waals surface area contributed by atoms with Crippen LogP contribution >= 0.6 is 0 Å². The van der Waals surface area contributed by atoms with Gasteiger partial charge in [-0.2, -0.15) is 0 Å². The van der Waals surface area contributed by atoms with Gasteiger partial charge < -0.3 is 10.1 Å². The molecule has 0 aromatic heterocycles. The molecule has 1 N–H and O–H groups in total. The van der Waals surface area contributed by atoms with Crippen LogP contribution in [-0.4, -0.2) is 12.1 Å². The summed E-state index contributed by atoms with van der Waals surface area (Å²) in [5.74, 6) is 0.968. The molecule has 0 saturated heterocycles. The Labute approximate surface area is 130 Å². The zero-order chi connectivity index (χ0) is 15.5. The summed E-state index contributed by atoms with van der Waals surface area (Å²) in [5.41, 5.74) is 3.05. The maximum Gasteiger partial charge on any atom is 0.120 e. The van der Waals surface area contributed by atoms with Crippen molar-refractivity contribution >= 4 is 5.69 Å². The van der Waals surface area contributed by atoms with Crippen LogP contribution in [0.5, 0.6) is 5.75 Å². The molecule has 2 rings (SSSR count). The van der Waals surface area contributed by atoms with Gasteiger partial charge in [-0.3, -0.25) is 0 Å². The van der Waals surface area contributed by atoms with Crippen molar-refractivity contribution in [3.63, 3.8) is 0 Å². The lowest BCUT2D eigenvalue weighted by molar-refractivity contribution is 0.242. The molecule has 2 nitrogen and oxygen atoms in total. The van der Waals surface area contributed by atoms with Gasteiger partial charge in [-0.1, -0.05) is 20.3 Å². The fourth-order valence-electron chi connectivity index (χ4n) is 3.17. The van der Waals surface area contributed by atoms with Crippen molar-refractivity contribution < 1.29 is 4.74 Å². The van der Waals surface area contributed by atoms with Crippen molar-refractivity contribution in [3.05, 3.63) is 23.8 Å². The lowest BCUT2D eigenvalue weighted by Crippen LogP contribution is -2.19. The van der Waals surface area contributed by atoms with Gasteiger partial charge in [0.1, 0.15) is 5.75 Å². The fourth-order valence-corrected chi connectivity index (χ4v) is 3.17. The van der Waals surface area contributed by atoms with E-state index in [0.29, 0.717) is 11.5 Å². The van der Waals surface area contributed by atoms with Gasteiger partial charge in [0, 0.05) is 11.7 Å². The summed E-state index contributed by atoms with van der Waals surface area (Å²) in [7, 11) is 0. The number of hydrogen-bond acceptors (Lipinski definition) is 2. The zero-order valence-corrected chi connectivity index (χ0v) is 14.3. The predicted molar refractivity (Wildman–Crippen MR) is 91.2 cm³/mol. The van der Waals surface area contributed by atoms with Crippen LogP contribution in [0, 0.1) is 12.3 Å². The number of nitrogens with one attached hydrogen (secondary N) is 1. The summed E-state index contributed by atoms with van der Waals surface area (Å²) >= 11 is 0. The molecule has 1 atom stereocenters. The summed E-state index contributed by atoms with van der Waals surface area (Å²) < 4.78 is 5.76. The van der Waals surface area contributed by atoms with Gasteiger partial charge in [-0.15, -0.1) is 0 Å². The highest BCUT2D eigenvalue weighted by molar-refractivity contribution is 5.54. The van der Waals surface area contributed by atoms with Gasteiger partial charge in [-0.25, -0.2) is 0 Å². The third-order valence-corrected chi connectivity index (χ3v) is 4.50. The number of aryl methyl sites for hydroxylation is 1. The molecule has 1 aliphatic carbocycles. The van der Waals surface area contributed by atoms with Crippen LogP contribution in [0.2, 0.25) is 0 Å². The highest BCUT2D eigenvalue weighted by atomic mass is 16.5. The predicted octanol–water partition coefficient (Wildman–Crippen LogP) is 5.55. The van der Waals surface area contributed by atoms with E-state index < -0.39 is 0 Å². The van der Waals surface area contributed by atoms with Gasteiger partial charge in [0.25, 0.3) is 0 Å². The van der Waals surface area contributed by atoms with Gasteiger partial charge in [0.05, 0.1) is 6.10 Å². The molecular weight excluding hydrogens is 258 g/mol. The SMILES string of the molecule is Cc1cc(OC(C)C)ccc1NC1CCCC(C)(C)CC1. The second kappa shape index (κ2) is 6.72. The first-order valence-electron chi connectivity index (χ1n) is 8.39. The molecule has 0 heterocycles. The second-order valence-electron chi connectivity index (χ2n) is 7.58. The molecule has 1 aliphatic rings. The average Bonchev–Trinajstić information content (AvgIpc) is 2.53. The van der Waals surface area contributed by atoms with Crippen molar-refractivity contribution in [1.82, 2.24) is 0 Å². The van der Waals surface area contributed by atoms with E-state index in [4.69, 9.17) is 4.74 Å². The molecule has 1 unspecified atom stereocenters. The van der Waals surface area contributed by atoms with Crippen LogP contribution in [0.3, 0.4) is 0 Å². The highest BCUT2D eigenvalue weighted by Gasteiger charge is 2.24. The smallest absolute Gasteiger partial charge is 0.120 e. The Morgan fingerprint density at radius 2 is 1.95 bits per heavy atom. The largest absolute Gasteiger partial charge is 0.491 e. The van der Waals surface area contributed by atoms with E-state index in [9.17, 15) is 0 Å². The van der Waals surface area contributed by atoms with Crippen LogP contribution in [0.1, 0.15) is 65.4 Å². The van der Waals surface area contributed by atoms with E-state index in [-0.39, 0.29) is 6.10 Å². The Bertz CT molecular complexity index is 465. The van der Waals surface area contributed by atoms with Crippen LogP contribution in [0.4, 0.5) is 5.69 Å². The summed E-state index contributed by atoms with van der Waals surface area (Å²) in [6.07, 6.45) is 6.79. The minimum absolute atomic E-state index is 0.229. The first kappa shape index (κ1) is 16.2. The second-order valence-corrected chi connectivity index (χ2v) is 7.58. The normalized spacial score (nSPS) is 21.9. The third kappa shape index (κ3) is 4.94. The molecule has 0 spiro atoms.